The predicted octanol–water partition coefficient (Wildman–Crippen LogP) is 4.88. The Morgan fingerprint density at radius 3 is 2.46 bits per heavy atom. The summed E-state index contributed by atoms with van der Waals surface area (Å²) < 4.78 is 1.79. The van der Waals surface area contributed by atoms with E-state index in [-0.39, 0.29) is 5.91 Å². The molecule has 1 saturated heterocycles. The first kappa shape index (κ1) is 21.7. The van der Waals surface area contributed by atoms with E-state index < -0.39 is 5.41 Å². The van der Waals surface area contributed by atoms with Gasteiger partial charge in [0.15, 0.2) is 0 Å². The maximum atomic E-state index is 13.0. The Morgan fingerprint density at radius 1 is 1.03 bits per heavy atom. The first-order valence-corrected chi connectivity index (χ1v) is 12.0. The van der Waals surface area contributed by atoms with Gasteiger partial charge in [-0.05, 0) is 36.1 Å². The number of pyridine rings is 1. The molecule has 6 rings (SSSR count). The molecule has 0 unspecified atom stereocenters. The van der Waals surface area contributed by atoms with Crippen molar-refractivity contribution in [2.24, 2.45) is 7.05 Å². The van der Waals surface area contributed by atoms with Crippen molar-refractivity contribution in [2.45, 2.75) is 18.3 Å². The van der Waals surface area contributed by atoms with Crippen LogP contribution in [0.4, 0.5) is 17.2 Å². The number of para-hydroxylation sites is 1. The summed E-state index contributed by atoms with van der Waals surface area (Å²) in [6.45, 7) is 1.37. The lowest BCUT2D eigenvalue weighted by Crippen LogP contribution is -2.46. The van der Waals surface area contributed by atoms with Gasteiger partial charge in [-0.1, -0.05) is 54.1 Å². The number of anilines is 3. The fourth-order valence-electron chi connectivity index (χ4n) is 5.38. The third kappa shape index (κ3) is 3.46. The van der Waals surface area contributed by atoms with Gasteiger partial charge in [-0.2, -0.15) is 5.10 Å². The highest BCUT2D eigenvalue weighted by Gasteiger charge is 2.48. The monoisotopic (exact) mass is 484 g/mol. The van der Waals surface area contributed by atoms with Crippen LogP contribution in [0.2, 0.25) is 5.02 Å². The maximum absolute atomic E-state index is 13.0. The molecule has 0 atom stereocenters. The van der Waals surface area contributed by atoms with Crippen molar-refractivity contribution in [1.29, 1.82) is 0 Å². The zero-order chi connectivity index (χ0) is 24.2. The molecule has 1 amide bonds. The van der Waals surface area contributed by atoms with Crippen LogP contribution in [-0.4, -0.2) is 33.8 Å². The van der Waals surface area contributed by atoms with Gasteiger partial charge in [0, 0.05) is 49.3 Å². The van der Waals surface area contributed by atoms with Crippen LogP contribution < -0.4 is 16.0 Å². The number of halogens is 1. The largest absolute Gasteiger partial charge is 0.382 e. The molecule has 0 saturated carbocycles. The second-order valence-electron chi connectivity index (χ2n) is 9.24. The van der Waals surface area contributed by atoms with Gasteiger partial charge >= 0.3 is 0 Å². The van der Waals surface area contributed by atoms with Crippen LogP contribution in [0.5, 0.6) is 0 Å². The number of nitrogen functional groups attached to an aromatic ring is 1. The smallest absolute Gasteiger partial charge is 0.235 e. The highest BCUT2D eigenvalue weighted by atomic mass is 35.5. The van der Waals surface area contributed by atoms with Crippen molar-refractivity contribution in [3.8, 4) is 22.4 Å². The van der Waals surface area contributed by atoms with Gasteiger partial charge in [-0.15, -0.1) is 0 Å². The van der Waals surface area contributed by atoms with Crippen LogP contribution in [0.25, 0.3) is 22.4 Å². The number of amides is 1. The standard InChI is InChI=1S/C27H25ClN6O/c1-33-13-10-21(32-33)18-8-6-17(7-9-18)19-16-30-25(29)23(28)24(19)34-14-11-27(12-15-34)20-4-2-3-5-22(20)31-26(27)35/h2-10,13,16H,11-12,14-15H2,1H3,(H2,29,30)(H,31,35). The Labute approximate surface area is 208 Å². The second kappa shape index (κ2) is 8.13. The molecule has 0 aliphatic carbocycles. The van der Waals surface area contributed by atoms with Crippen LogP contribution in [0.15, 0.2) is 67.0 Å². The minimum Gasteiger partial charge on any atom is -0.382 e. The zero-order valence-corrected chi connectivity index (χ0v) is 20.1. The molecule has 4 aromatic rings. The lowest BCUT2D eigenvalue weighted by Gasteiger charge is -2.40. The zero-order valence-electron chi connectivity index (χ0n) is 19.3. The number of nitrogens with one attached hydrogen (secondary N) is 1. The Bertz CT molecular complexity index is 1440. The fourth-order valence-corrected chi connectivity index (χ4v) is 5.65. The van der Waals surface area contributed by atoms with Crippen molar-refractivity contribution in [3.63, 3.8) is 0 Å². The van der Waals surface area contributed by atoms with E-state index in [9.17, 15) is 4.79 Å². The summed E-state index contributed by atoms with van der Waals surface area (Å²) in [6.07, 6.45) is 5.12. The Hall–Kier alpha value is -3.84. The number of carbonyl (C=O) groups excluding carboxylic acids is 1. The Balaban J connectivity index is 1.33. The first-order chi connectivity index (χ1) is 17.0. The van der Waals surface area contributed by atoms with E-state index in [2.05, 4.69) is 50.6 Å². The number of benzene rings is 2. The molecule has 2 aromatic carbocycles. The van der Waals surface area contributed by atoms with E-state index in [1.807, 2.05) is 37.5 Å². The summed E-state index contributed by atoms with van der Waals surface area (Å²) in [6, 6.07) is 18.2. The third-order valence-corrected chi connectivity index (χ3v) is 7.66. The number of aromatic nitrogens is 3. The molecule has 176 valence electrons. The minimum absolute atomic E-state index is 0.0871. The first-order valence-electron chi connectivity index (χ1n) is 11.7. The number of rotatable bonds is 3. The van der Waals surface area contributed by atoms with Crippen LogP contribution >= 0.6 is 11.6 Å². The van der Waals surface area contributed by atoms with E-state index in [1.54, 1.807) is 10.9 Å². The molecule has 2 aliphatic rings. The van der Waals surface area contributed by atoms with Gasteiger partial charge in [0.05, 0.1) is 16.8 Å². The number of carbonyl (C=O) groups is 1. The maximum Gasteiger partial charge on any atom is 0.235 e. The number of aryl methyl sites for hydroxylation is 1. The Morgan fingerprint density at radius 2 is 1.74 bits per heavy atom. The molecule has 35 heavy (non-hydrogen) atoms. The van der Waals surface area contributed by atoms with E-state index >= 15 is 0 Å². The molecular weight excluding hydrogens is 460 g/mol. The van der Waals surface area contributed by atoms with Gasteiger partial charge < -0.3 is 16.0 Å². The predicted molar refractivity (Wildman–Crippen MR) is 139 cm³/mol. The van der Waals surface area contributed by atoms with Gasteiger partial charge in [-0.25, -0.2) is 4.98 Å². The van der Waals surface area contributed by atoms with E-state index in [1.165, 1.54) is 0 Å². The van der Waals surface area contributed by atoms with Gasteiger partial charge in [0.25, 0.3) is 0 Å². The Kier molecular flexibility index (Phi) is 5.04. The SMILES string of the molecule is Cn1ccc(-c2ccc(-c3cnc(N)c(Cl)c3N3CCC4(CC3)C(=O)Nc3ccccc34)cc2)n1. The van der Waals surface area contributed by atoms with Gasteiger partial charge in [0.1, 0.15) is 10.8 Å². The molecule has 0 radical (unpaired) electrons. The van der Waals surface area contributed by atoms with Gasteiger partial charge in [0.2, 0.25) is 5.91 Å². The third-order valence-electron chi connectivity index (χ3n) is 7.28. The summed E-state index contributed by atoms with van der Waals surface area (Å²) in [7, 11) is 1.91. The van der Waals surface area contributed by atoms with Crippen LogP contribution in [0.3, 0.4) is 0 Å². The van der Waals surface area contributed by atoms with E-state index in [4.69, 9.17) is 17.3 Å². The lowest BCUT2D eigenvalue weighted by molar-refractivity contribution is -0.121. The number of nitrogens with zero attached hydrogens (tertiary/aromatic N) is 4. The highest BCUT2D eigenvalue weighted by Crippen LogP contribution is 2.47. The summed E-state index contributed by atoms with van der Waals surface area (Å²) in [5.74, 6) is 0.392. The second-order valence-corrected chi connectivity index (χ2v) is 9.62. The fraction of sp³-hybridized carbons (Fsp3) is 0.222. The molecular formula is C27H25ClN6O. The number of piperidine rings is 1. The molecule has 1 spiro atoms. The molecule has 7 nitrogen and oxygen atoms in total. The van der Waals surface area contributed by atoms with Crippen molar-refractivity contribution in [1.82, 2.24) is 14.8 Å². The average Bonchev–Trinajstić information content (AvgIpc) is 3.43. The van der Waals surface area contributed by atoms with Crippen molar-refractivity contribution in [3.05, 3.63) is 77.6 Å². The molecule has 3 N–H and O–H groups in total. The van der Waals surface area contributed by atoms with Crippen LogP contribution in [0, 0.1) is 0 Å². The lowest BCUT2D eigenvalue weighted by atomic mass is 9.73. The number of fused-ring (bicyclic) bond motifs is 2. The quantitative estimate of drug-likeness (QED) is 0.433. The number of hydrogen-bond acceptors (Lipinski definition) is 5. The normalized spacial score (nSPS) is 16.4. The summed E-state index contributed by atoms with van der Waals surface area (Å²) in [5, 5.41) is 8.00. The highest BCUT2D eigenvalue weighted by molar-refractivity contribution is 6.36. The van der Waals surface area contributed by atoms with Crippen molar-refractivity contribution < 1.29 is 4.79 Å². The molecule has 1 fully saturated rings. The summed E-state index contributed by atoms with van der Waals surface area (Å²) >= 11 is 6.75. The minimum atomic E-state index is -0.497. The van der Waals surface area contributed by atoms with E-state index in [0.29, 0.717) is 36.8 Å². The van der Waals surface area contributed by atoms with Crippen molar-refractivity contribution >= 4 is 34.7 Å². The molecule has 2 aromatic heterocycles. The van der Waals surface area contributed by atoms with Crippen LogP contribution in [0.1, 0.15) is 18.4 Å². The number of hydrogen-bond donors (Lipinski definition) is 2. The number of nitrogens with two attached hydrogens (primary N) is 1. The summed E-state index contributed by atoms with van der Waals surface area (Å²) in [5.41, 5.74) is 12.4. The van der Waals surface area contributed by atoms with Crippen molar-refractivity contribution in [2.75, 3.05) is 29.0 Å². The topological polar surface area (TPSA) is 89.1 Å². The van der Waals surface area contributed by atoms with E-state index in [0.717, 1.165) is 39.3 Å². The van der Waals surface area contributed by atoms with Gasteiger partial charge in [-0.3, -0.25) is 9.48 Å². The summed E-state index contributed by atoms with van der Waals surface area (Å²) in [4.78, 5) is 19.6. The molecule has 0 bridgehead atoms. The molecule has 2 aliphatic heterocycles. The van der Waals surface area contributed by atoms with Crippen LogP contribution in [-0.2, 0) is 17.3 Å². The average molecular weight is 485 g/mol. The molecule has 8 heteroatoms. The molecule has 4 heterocycles.